The van der Waals surface area contributed by atoms with Gasteiger partial charge in [0.15, 0.2) is 5.03 Å². The van der Waals surface area contributed by atoms with Crippen LogP contribution in [-0.2, 0) is 0 Å². The maximum Gasteiger partial charge on any atom is 0.343 e. The van der Waals surface area contributed by atoms with Gasteiger partial charge in [0.1, 0.15) is 6.33 Å². The fourth-order valence-electron chi connectivity index (χ4n) is 1.64. The molecule has 0 amide bonds. The number of aromatic nitrogens is 2. The van der Waals surface area contributed by atoms with Gasteiger partial charge in [-0.3, -0.25) is 10.1 Å². The summed E-state index contributed by atoms with van der Waals surface area (Å²) in [5.74, 6) is 0.266. The number of nitro groups is 1. The van der Waals surface area contributed by atoms with E-state index in [1.807, 2.05) is 44.2 Å². The standard InChI is InChI=1S/C14H16N4O2S/c1-3-10(2)17-13-12(18(19)20)14(16-9-15-13)21-11-7-5-4-6-8-11/h4-10H,3H2,1-2H3,(H,15,16,17). The Kier molecular flexibility index (Phi) is 5.10. The third-order valence-corrected chi connectivity index (χ3v) is 3.92. The van der Waals surface area contributed by atoms with E-state index in [0.717, 1.165) is 11.3 Å². The quantitative estimate of drug-likeness (QED) is 0.497. The number of benzene rings is 1. The first-order chi connectivity index (χ1) is 10.1. The summed E-state index contributed by atoms with van der Waals surface area (Å²) in [5.41, 5.74) is -0.0772. The zero-order chi connectivity index (χ0) is 15.2. The fraction of sp³-hybridized carbons (Fsp3) is 0.286. The summed E-state index contributed by atoms with van der Waals surface area (Å²) in [5, 5.41) is 14.8. The molecule has 1 N–H and O–H groups in total. The maximum atomic E-state index is 11.4. The van der Waals surface area contributed by atoms with E-state index in [-0.39, 0.29) is 17.5 Å². The van der Waals surface area contributed by atoms with E-state index in [9.17, 15) is 10.1 Å². The molecule has 1 unspecified atom stereocenters. The molecule has 2 aromatic rings. The number of hydrogen-bond acceptors (Lipinski definition) is 6. The first kappa shape index (κ1) is 15.2. The molecule has 1 atom stereocenters. The van der Waals surface area contributed by atoms with E-state index in [2.05, 4.69) is 15.3 Å². The van der Waals surface area contributed by atoms with Gasteiger partial charge in [0.05, 0.1) is 4.92 Å². The molecule has 0 aliphatic rings. The number of hydrogen-bond donors (Lipinski definition) is 1. The van der Waals surface area contributed by atoms with Crippen LogP contribution in [0.3, 0.4) is 0 Å². The lowest BCUT2D eigenvalue weighted by atomic mass is 10.2. The van der Waals surface area contributed by atoms with Crippen molar-refractivity contribution in [2.24, 2.45) is 0 Å². The van der Waals surface area contributed by atoms with E-state index in [4.69, 9.17) is 0 Å². The summed E-state index contributed by atoms with van der Waals surface area (Å²) < 4.78 is 0. The molecule has 21 heavy (non-hydrogen) atoms. The Hall–Kier alpha value is -2.15. The molecule has 0 bridgehead atoms. The highest BCUT2D eigenvalue weighted by atomic mass is 32.2. The SMILES string of the molecule is CCC(C)Nc1ncnc(Sc2ccccc2)c1[N+](=O)[O-]. The van der Waals surface area contributed by atoms with Crippen molar-refractivity contribution in [3.8, 4) is 0 Å². The number of rotatable bonds is 6. The first-order valence-electron chi connectivity index (χ1n) is 6.60. The van der Waals surface area contributed by atoms with Crippen LogP contribution in [0.5, 0.6) is 0 Å². The summed E-state index contributed by atoms with van der Waals surface area (Å²) >= 11 is 1.26. The topological polar surface area (TPSA) is 81.0 Å². The van der Waals surface area contributed by atoms with Crippen molar-refractivity contribution in [2.45, 2.75) is 36.2 Å². The molecule has 0 fully saturated rings. The molecule has 2 rings (SSSR count). The normalized spacial score (nSPS) is 11.9. The van der Waals surface area contributed by atoms with Crippen molar-refractivity contribution >= 4 is 23.3 Å². The fourth-order valence-corrected chi connectivity index (χ4v) is 2.53. The molecule has 6 nitrogen and oxygen atoms in total. The molecule has 0 aliphatic carbocycles. The highest BCUT2D eigenvalue weighted by Crippen LogP contribution is 2.36. The predicted octanol–water partition coefficient (Wildman–Crippen LogP) is 3.75. The summed E-state index contributed by atoms with van der Waals surface area (Å²) in [6, 6.07) is 9.54. The van der Waals surface area contributed by atoms with E-state index in [0.29, 0.717) is 5.03 Å². The summed E-state index contributed by atoms with van der Waals surface area (Å²) in [6.07, 6.45) is 2.20. The van der Waals surface area contributed by atoms with Crippen LogP contribution >= 0.6 is 11.8 Å². The van der Waals surface area contributed by atoms with Crippen molar-refractivity contribution in [1.82, 2.24) is 9.97 Å². The summed E-state index contributed by atoms with van der Waals surface area (Å²) in [7, 11) is 0. The van der Waals surface area contributed by atoms with Crippen LogP contribution < -0.4 is 5.32 Å². The minimum atomic E-state index is -0.435. The lowest BCUT2D eigenvalue weighted by Crippen LogP contribution is -2.16. The van der Waals surface area contributed by atoms with Gasteiger partial charge in [0, 0.05) is 10.9 Å². The Labute approximate surface area is 127 Å². The molecule has 0 saturated carbocycles. The summed E-state index contributed by atoms with van der Waals surface area (Å²) in [6.45, 7) is 3.96. The van der Waals surface area contributed by atoms with Gasteiger partial charge >= 0.3 is 5.69 Å². The monoisotopic (exact) mass is 304 g/mol. The lowest BCUT2D eigenvalue weighted by Gasteiger charge is -2.12. The summed E-state index contributed by atoms with van der Waals surface area (Å²) in [4.78, 5) is 19.9. The van der Waals surface area contributed by atoms with Crippen LogP contribution in [-0.4, -0.2) is 20.9 Å². The molecule has 0 spiro atoms. The van der Waals surface area contributed by atoms with E-state index < -0.39 is 4.92 Å². The Morgan fingerprint density at radius 1 is 1.33 bits per heavy atom. The number of nitrogens with zero attached hydrogens (tertiary/aromatic N) is 3. The predicted molar refractivity (Wildman–Crippen MR) is 82.6 cm³/mol. The van der Waals surface area contributed by atoms with Gasteiger partial charge in [-0.1, -0.05) is 36.9 Å². The zero-order valence-corrected chi connectivity index (χ0v) is 12.6. The average molecular weight is 304 g/mol. The van der Waals surface area contributed by atoms with Crippen LogP contribution in [0.1, 0.15) is 20.3 Å². The first-order valence-corrected chi connectivity index (χ1v) is 7.42. The highest BCUT2D eigenvalue weighted by molar-refractivity contribution is 7.99. The molecule has 1 aromatic carbocycles. The van der Waals surface area contributed by atoms with E-state index >= 15 is 0 Å². The molecule has 1 aromatic heterocycles. The smallest absolute Gasteiger partial charge is 0.343 e. The van der Waals surface area contributed by atoms with E-state index in [1.165, 1.54) is 18.1 Å². The van der Waals surface area contributed by atoms with Crippen LogP contribution in [0.25, 0.3) is 0 Å². The van der Waals surface area contributed by atoms with Crippen molar-refractivity contribution in [2.75, 3.05) is 5.32 Å². The minimum absolute atomic E-state index is 0.0772. The largest absolute Gasteiger partial charge is 0.362 e. The highest BCUT2D eigenvalue weighted by Gasteiger charge is 2.24. The van der Waals surface area contributed by atoms with Gasteiger partial charge in [-0.25, -0.2) is 9.97 Å². The molecular weight excluding hydrogens is 288 g/mol. The van der Waals surface area contributed by atoms with Gasteiger partial charge in [-0.05, 0) is 25.5 Å². The Morgan fingerprint density at radius 3 is 2.67 bits per heavy atom. The molecule has 0 aliphatic heterocycles. The van der Waals surface area contributed by atoms with Crippen LogP contribution in [0, 0.1) is 10.1 Å². The van der Waals surface area contributed by atoms with Crippen LogP contribution in [0.4, 0.5) is 11.5 Å². The van der Waals surface area contributed by atoms with Gasteiger partial charge in [0.25, 0.3) is 0 Å². The van der Waals surface area contributed by atoms with Gasteiger partial charge in [-0.15, -0.1) is 0 Å². The second-order valence-corrected chi connectivity index (χ2v) is 5.56. The van der Waals surface area contributed by atoms with Crippen molar-refractivity contribution < 1.29 is 4.92 Å². The number of nitrogens with one attached hydrogen (secondary N) is 1. The van der Waals surface area contributed by atoms with E-state index in [1.54, 1.807) is 0 Å². The van der Waals surface area contributed by atoms with Crippen molar-refractivity contribution in [3.63, 3.8) is 0 Å². The Balaban J connectivity index is 2.36. The van der Waals surface area contributed by atoms with Crippen LogP contribution in [0.15, 0.2) is 46.6 Å². The van der Waals surface area contributed by atoms with Crippen molar-refractivity contribution in [1.29, 1.82) is 0 Å². The average Bonchev–Trinajstić information content (AvgIpc) is 2.48. The molecule has 1 heterocycles. The third kappa shape index (κ3) is 3.91. The molecule has 110 valence electrons. The second kappa shape index (κ2) is 7.03. The van der Waals surface area contributed by atoms with Gasteiger partial charge in [-0.2, -0.15) is 0 Å². The third-order valence-electron chi connectivity index (χ3n) is 2.92. The molecule has 7 heteroatoms. The maximum absolute atomic E-state index is 11.4. The van der Waals surface area contributed by atoms with Gasteiger partial charge in [0.2, 0.25) is 5.82 Å². The minimum Gasteiger partial charge on any atom is -0.362 e. The van der Waals surface area contributed by atoms with Crippen LogP contribution in [0.2, 0.25) is 0 Å². The molecular formula is C14H16N4O2S. The zero-order valence-electron chi connectivity index (χ0n) is 11.8. The Morgan fingerprint density at radius 2 is 2.05 bits per heavy atom. The lowest BCUT2D eigenvalue weighted by molar-refractivity contribution is -0.387. The van der Waals surface area contributed by atoms with Gasteiger partial charge < -0.3 is 5.32 Å². The molecule has 0 radical (unpaired) electrons. The van der Waals surface area contributed by atoms with Crippen molar-refractivity contribution in [3.05, 3.63) is 46.8 Å². The molecule has 0 saturated heterocycles. The Bertz CT molecular complexity index is 622. The number of anilines is 1. The second-order valence-electron chi connectivity index (χ2n) is 4.50.